The number of rotatable bonds is 6. The van der Waals surface area contributed by atoms with Crippen molar-refractivity contribution in [2.45, 2.75) is 25.0 Å². The molecule has 3 aromatic rings. The lowest BCUT2D eigenvalue weighted by Crippen LogP contribution is -2.44. The van der Waals surface area contributed by atoms with E-state index in [0.29, 0.717) is 32.5 Å². The van der Waals surface area contributed by atoms with E-state index in [1.54, 1.807) is 66.7 Å². The minimum absolute atomic E-state index is 0.0869. The lowest BCUT2D eigenvalue weighted by atomic mass is 9.94. The number of hydrogen-bond acceptors (Lipinski definition) is 3. The fourth-order valence-electron chi connectivity index (χ4n) is 3.71. The molecule has 0 saturated heterocycles. The monoisotopic (exact) mass is 465 g/mol. The Bertz CT molecular complexity index is 1140. The van der Waals surface area contributed by atoms with Gasteiger partial charge in [0.1, 0.15) is 0 Å². The average molecular weight is 466 g/mol. The number of nitriles is 1. The number of nitrogens with one attached hydrogen (secondary N) is 1. The van der Waals surface area contributed by atoms with Crippen LogP contribution in [-0.4, -0.2) is 17.2 Å². The fourth-order valence-corrected chi connectivity index (χ4v) is 3.96. The van der Waals surface area contributed by atoms with Gasteiger partial charge in [-0.25, -0.2) is 4.79 Å². The van der Waals surface area contributed by atoms with Gasteiger partial charge < -0.3 is 10.4 Å². The van der Waals surface area contributed by atoms with Gasteiger partial charge in [0.2, 0.25) is 0 Å². The molecule has 1 saturated carbocycles. The molecule has 2 amide bonds. The Morgan fingerprint density at radius 3 is 2.25 bits per heavy atom. The van der Waals surface area contributed by atoms with Crippen LogP contribution in [0.4, 0.5) is 16.2 Å². The molecule has 2 unspecified atom stereocenters. The van der Waals surface area contributed by atoms with Crippen LogP contribution in [0, 0.1) is 17.2 Å². The third-order valence-electron chi connectivity index (χ3n) is 5.48. The van der Waals surface area contributed by atoms with Crippen molar-refractivity contribution in [1.29, 1.82) is 5.26 Å². The molecular formula is C25H21Cl2N3O2. The van der Waals surface area contributed by atoms with Gasteiger partial charge in [-0.1, -0.05) is 35.3 Å². The summed E-state index contributed by atoms with van der Waals surface area (Å²) in [5.41, 5.74) is 2.30. The Hall–Kier alpha value is -3.04. The van der Waals surface area contributed by atoms with E-state index in [1.165, 1.54) is 4.90 Å². The number of benzene rings is 3. The van der Waals surface area contributed by atoms with Crippen LogP contribution in [0.1, 0.15) is 30.0 Å². The summed E-state index contributed by atoms with van der Waals surface area (Å²) in [7, 11) is 0. The van der Waals surface area contributed by atoms with Crippen molar-refractivity contribution in [3.8, 4) is 6.07 Å². The zero-order chi connectivity index (χ0) is 22.7. The van der Waals surface area contributed by atoms with Crippen molar-refractivity contribution >= 4 is 40.6 Å². The Morgan fingerprint density at radius 2 is 1.66 bits per heavy atom. The normalized spacial score (nSPS) is 14.8. The molecule has 2 N–H and O–H groups in total. The lowest BCUT2D eigenvalue weighted by Gasteiger charge is -2.35. The number of carbonyl (C=O) groups is 1. The van der Waals surface area contributed by atoms with Crippen LogP contribution in [0.15, 0.2) is 72.8 Å². The van der Waals surface area contributed by atoms with E-state index < -0.39 is 18.2 Å². The smallest absolute Gasteiger partial charge is 0.326 e. The summed E-state index contributed by atoms with van der Waals surface area (Å²) in [5.74, 6) is 0.0869. The predicted octanol–water partition coefficient (Wildman–Crippen LogP) is 6.42. The number of hydrogen-bond donors (Lipinski definition) is 2. The van der Waals surface area contributed by atoms with Crippen molar-refractivity contribution in [1.82, 2.24) is 0 Å². The summed E-state index contributed by atoms with van der Waals surface area (Å²) in [6.45, 7) is 0. The zero-order valence-electron chi connectivity index (χ0n) is 17.1. The van der Waals surface area contributed by atoms with Crippen molar-refractivity contribution in [2.24, 2.45) is 5.92 Å². The van der Waals surface area contributed by atoms with Gasteiger partial charge in [0.25, 0.3) is 0 Å². The molecule has 0 radical (unpaired) electrons. The maximum atomic E-state index is 13.6. The maximum absolute atomic E-state index is 13.6. The van der Waals surface area contributed by atoms with Crippen LogP contribution in [0.5, 0.6) is 0 Å². The third kappa shape index (κ3) is 5.05. The predicted molar refractivity (Wildman–Crippen MR) is 127 cm³/mol. The van der Waals surface area contributed by atoms with Crippen molar-refractivity contribution in [3.05, 3.63) is 94.0 Å². The van der Waals surface area contributed by atoms with E-state index in [2.05, 4.69) is 11.4 Å². The third-order valence-corrected chi connectivity index (χ3v) is 5.99. The Balaban J connectivity index is 1.78. The van der Waals surface area contributed by atoms with Gasteiger partial charge in [-0.2, -0.15) is 5.26 Å². The minimum atomic E-state index is -0.796. The molecule has 4 rings (SSSR count). The zero-order valence-corrected chi connectivity index (χ0v) is 18.6. The van der Waals surface area contributed by atoms with Crippen LogP contribution in [0.25, 0.3) is 0 Å². The summed E-state index contributed by atoms with van der Waals surface area (Å²) in [5, 5.41) is 24.6. The number of urea groups is 1. The van der Waals surface area contributed by atoms with Gasteiger partial charge in [0.15, 0.2) is 0 Å². The highest BCUT2D eigenvalue weighted by atomic mass is 35.5. The number of amides is 2. The second-order valence-corrected chi connectivity index (χ2v) is 8.67. The quantitative estimate of drug-likeness (QED) is 0.441. The number of anilines is 2. The van der Waals surface area contributed by atoms with Gasteiger partial charge in [-0.3, -0.25) is 4.90 Å². The van der Waals surface area contributed by atoms with Crippen molar-refractivity contribution in [2.75, 3.05) is 10.2 Å². The van der Waals surface area contributed by atoms with Crippen LogP contribution in [0.2, 0.25) is 10.0 Å². The van der Waals surface area contributed by atoms with E-state index in [4.69, 9.17) is 23.2 Å². The summed E-state index contributed by atoms with van der Waals surface area (Å²) in [6, 6.07) is 21.7. The summed E-state index contributed by atoms with van der Waals surface area (Å²) in [4.78, 5) is 15.1. The first-order valence-electron chi connectivity index (χ1n) is 10.3. The van der Waals surface area contributed by atoms with E-state index in [-0.39, 0.29) is 5.92 Å². The van der Waals surface area contributed by atoms with E-state index >= 15 is 0 Å². The van der Waals surface area contributed by atoms with Crippen LogP contribution in [-0.2, 0) is 0 Å². The first-order chi connectivity index (χ1) is 15.5. The Morgan fingerprint density at radius 1 is 1.03 bits per heavy atom. The first kappa shape index (κ1) is 22.2. The lowest BCUT2D eigenvalue weighted by molar-refractivity contribution is 0.120. The van der Waals surface area contributed by atoms with Crippen molar-refractivity contribution < 1.29 is 9.90 Å². The van der Waals surface area contributed by atoms with Crippen LogP contribution in [0.3, 0.4) is 0 Å². The van der Waals surface area contributed by atoms with Crippen molar-refractivity contribution in [3.63, 3.8) is 0 Å². The maximum Gasteiger partial charge on any atom is 0.326 e. The molecule has 0 heterocycles. The molecule has 2 atom stereocenters. The Kier molecular flexibility index (Phi) is 6.66. The molecule has 1 aliphatic rings. The van der Waals surface area contributed by atoms with E-state index in [0.717, 1.165) is 12.8 Å². The van der Waals surface area contributed by atoms with E-state index in [9.17, 15) is 15.2 Å². The van der Waals surface area contributed by atoms with Gasteiger partial charge in [-0.05, 0) is 85.0 Å². The molecule has 3 aromatic carbocycles. The molecule has 0 spiro atoms. The van der Waals surface area contributed by atoms with E-state index in [1.807, 2.05) is 6.07 Å². The molecule has 7 heteroatoms. The molecule has 0 aliphatic heterocycles. The SMILES string of the molecule is N#Cc1cccc(C(C(O)C2CC2)N(C(=O)Nc2ccc(Cl)cc2)c2ccc(Cl)cc2)c1. The molecular weight excluding hydrogens is 445 g/mol. The molecule has 0 bridgehead atoms. The largest absolute Gasteiger partial charge is 0.390 e. The summed E-state index contributed by atoms with van der Waals surface area (Å²) < 4.78 is 0. The molecule has 5 nitrogen and oxygen atoms in total. The minimum Gasteiger partial charge on any atom is -0.390 e. The standard InChI is InChI=1S/C25H21Cl2N3O2/c26-19-6-10-21(11-7-19)29-25(32)30(22-12-8-20(27)9-13-22)23(24(31)17-4-5-17)18-3-1-2-16(14-18)15-28/h1-3,6-14,17,23-24,31H,4-5H2,(H,29,32). The first-order valence-corrected chi connectivity index (χ1v) is 11.0. The van der Waals surface area contributed by atoms with Gasteiger partial charge >= 0.3 is 6.03 Å². The second-order valence-electron chi connectivity index (χ2n) is 7.79. The number of aliphatic hydroxyl groups excluding tert-OH is 1. The molecule has 162 valence electrons. The van der Waals surface area contributed by atoms with Crippen LogP contribution >= 0.6 is 23.2 Å². The molecule has 32 heavy (non-hydrogen) atoms. The highest BCUT2D eigenvalue weighted by Gasteiger charge is 2.41. The highest BCUT2D eigenvalue weighted by Crippen LogP contribution is 2.42. The number of nitrogens with zero attached hydrogens (tertiary/aromatic N) is 2. The molecule has 0 aromatic heterocycles. The molecule has 1 aliphatic carbocycles. The van der Waals surface area contributed by atoms with Gasteiger partial charge in [-0.15, -0.1) is 0 Å². The second kappa shape index (κ2) is 9.62. The Labute approximate surface area is 196 Å². The highest BCUT2D eigenvalue weighted by molar-refractivity contribution is 6.31. The van der Waals surface area contributed by atoms with Gasteiger partial charge in [0.05, 0.1) is 23.8 Å². The fraction of sp³-hybridized carbons (Fsp3) is 0.200. The number of carbonyl (C=O) groups excluding carboxylic acids is 1. The molecule has 1 fully saturated rings. The number of aliphatic hydroxyl groups is 1. The van der Waals surface area contributed by atoms with Gasteiger partial charge in [0, 0.05) is 21.4 Å². The summed E-state index contributed by atoms with van der Waals surface area (Å²) in [6.07, 6.45) is 0.988. The average Bonchev–Trinajstić information content (AvgIpc) is 3.65. The number of halogens is 2. The summed E-state index contributed by atoms with van der Waals surface area (Å²) >= 11 is 12.1. The topological polar surface area (TPSA) is 76.4 Å². The van der Waals surface area contributed by atoms with Crippen LogP contribution < -0.4 is 10.2 Å².